The van der Waals surface area contributed by atoms with Gasteiger partial charge in [-0.05, 0) is 55.3 Å². The van der Waals surface area contributed by atoms with Crippen molar-refractivity contribution < 1.29 is 19.2 Å². The first-order valence-corrected chi connectivity index (χ1v) is 12.9. The number of hydrogen-bond acceptors (Lipinski definition) is 8. The van der Waals surface area contributed by atoms with Crippen LogP contribution < -0.4 is 15.0 Å². The molecular weight excluding hydrogens is 494 g/mol. The molecule has 0 atom stereocenters. The molecule has 1 fully saturated rings. The number of anilines is 2. The Labute approximate surface area is 225 Å². The molecule has 0 saturated carbocycles. The van der Waals surface area contributed by atoms with E-state index in [2.05, 4.69) is 37.5 Å². The molecule has 3 aromatic carbocycles. The van der Waals surface area contributed by atoms with E-state index in [-0.39, 0.29) is 24.6 Å². The summed E-state index contributed by atoms with van der Waals surface area (Å²) in [5.74, 6) is 1.13. The number of aromatic nitrogens is 3. The van der Waals surface area contributed by atoms with Crippen molar-refractivity contribution in [2.24, 2.45) is 0 Å². The van der Waals surface area contributed by atoms with Crippen LogP contribution in [0.2, 0.25) is 0 Å². The number of piperidine rings is 1. The Morgan fingerprint density at radius 3 is 2.69 bits per heavy atom. The first kappa shape index (κ1) is 24.6. The molecule has 2 N–H and O–H groups in total. The molecule has 196 valence electrons. The molecule has 1 aliphatic heterocycles. The maximum absolute atomic E-state index is 12.4. The summed E-state index contributed by atoms with van der Waals surface area (Å²) in [7, 11) is 0. The van der Waals surface area contributed by atoms with Crippen LogP contribution in [0, 0.1) is 0 Å². The molecule has 0 radical (unpaired) electrons. The van der Waals surface area contributed by atoms with Crippen LogP contribution in [0.25, 0.3) is 33.5 Å². The fraction of sp³-hybridized carbons (Fsp3) is 0.200. The van der Waals surface area contributed by atoms with Crippen LogP contribution in [0.4, 0.5) is 11.6 Å². The van der Waals surface area contributed by atoms with Crippen molar-refractivity contribution in [1.82, 2.24) is 15.1 Å². The Kier molecular flexibility index (Phi) is 6.88. The van der Waals surface area contributed by atoms with Crippen LogP contribution in [0.1, 0.15) is 12.8 Å². The molecule has 0 aliphatic carbocycles. The van der Waals surface area contributed by atoms with Gasteiger partial charge in [-0.15, -0.1) is 0 Å². The summed E-state index contributed by atoms with van der Waals surface area (Å²) < 4.78 is 11.3. The zero-order chi connectivity index (χ0) is 26.6. The maximum atomic E-state index is 12.4. The summed E-state index contributed by atoms with van der Waals surface area (Å²) in [6.45, 7) is 1.48. The van der Waals surface area contributed by atoms with Crippen molar-refractivity contribution in [1.29, 1.82) is 0 Å². The number of rotatable bonds is 7. The maximum Gasteiger partial charge on any atom is 0.264 e. The third kappa shape index (κ3) is 5.58. The van der Waals surface area contributed by atoms with Crippen molar-refractivity contribution >= 4 is 28.4 Å². The predicted octanol–water partition coefficient (Wildman–Crippen LogP) is 4.93. The molecule has 0 bridgehead atoms. The lowest BCUT2D eigenvalue weighted by Crippen LogP contribution is -2.35. The van der Waals surface area contributed by atoms with E-state index in [1.807, 2.05) is 48.5 Å². The Morgan fingerprint density at radius 1 is 1.00 bits per heavy atom. The summed E-state index contributed by atoms with van der Waals surface area (Å²) >= 11 is 0. The van der Waals surface area contributed by atoms with Crippen LogP contribution in [0.15, 0.2) is 89.6 Å². The molecule has 2 aromatic heterocycles. The minimum Gasteiger partial charge on any atom is -0.484 e. The number of fused-ring (bicyclic) bond motifs is 1. The normalized spacial score (nSPS) is 13.9. The van der Waals surface area contributed by atoms with Gasteiger partial charge in [-0.3, -0.25) is 10.1 Å². The Hall–Kier alpha value is -4.76. The van der Waals surface area contributed by atoms with Gasteiger partial charge in [-0.2, -0.15) is 0 Å². The molecule has 39 heavy (non-hydrogen) atoms. The number of aliphatic hydroxyl groups excluding tert-OH is 1. The highest BCUT2D eigenvalue weighted by atomic mass is 16.5. The Balaban J connectivity index is 1.22. The van der Waals surface area contributed by atoms with Crippen LogP contribution in [0.5, 0.6) is 5.75 Å². The molecular formula is C30H27N5O4. The average molecular weight is 522 g/mol. The third-order valence-corrected chi connectivity index (χ3v) is 6.73. The Bertz CT molecular complexity index is 1600. The lowest BCUT2D eigenvalue weighted by atomic mass is 10.0. The zero-order valence-electron chi connectivity index (χ0n) is 21.2. The van der Waals surface area contributed by atoms with E-state index in [0.29, 0.717) is 17.2 Å². The predicted molar refractivity (Wildman–Crippen MR) is 148 cm³/mol. The molecule has 3 heterocycles. The molecule has 1 aliphatic rings. The van der Waals surface area contributed by atoms with Crippen LogP contribution in [-0.2, 0) is 4.79 Å². The summed E-state index contributed by atoms with van der Waals surface area (Å²) in [5, 5.41) is 17.7. The largest absolute Gasteiger partial charge is 0.484 e. The third-order valence-electron chi connectivity index (χ3n) is 6.73. The second-order valence-corrected chi connectivity index (χ2v) is 9.43. The van der Waals surface area contributed by atoms with Gasteiger partial charge in [0.05, 0.1) is 17.2 Å². The van der Waals surface area contributed by atoms with Crippen molar-refractivity contribution in [3.8, 4) is 28.3 Å². The highest BCUT2D eigenvalue weighted by Crippen LogP contribution is 2.34. The van der Waals surface area contributed by atoms with Gasteiger partial charge in [-0.25, -0.2) is 9.97 Å². The van der Waals surface area contributed by atoms with Gasteiger partial charge >= 0.3 is 0 Å². The van der Waals surface area contributed by atoms with Gasteiger partial charge in [0.25, 0.3) is 5.91 Å². The monoisotopic (exact) mass is 521 g/mol. The zero-order valence-corrected chi connectivity index (χ0v) is 21.2. The van der Waals surface area contributed by atoms with Gasteiger partial charge in [0.1, 0.15) is 11.3 Å². The highest BCUT2D eigenvalue weighted by Gasteiger charge is 2.19. The summed E-state index contributed by atoms with van der Waals surface area (Å²) in [4.78, 5) is 23.4. The van der Waals surface area contributed by atoms with Gasteiger partial charge in [0.15, 0.2) is 12.4 Å². The summed E-state index contributed by atoms with van der Waals surface area (Å²) in [5.41, 5.74) is 4.24. The van der Waals surface area contributed by atoms with Crippen molar-refractivity contribution in [3.05, 3.63) is 85.1 Å². The smallest absolute Gasteiger partial charge is 0.264 e. The first-order valence-electron chi connectivity index (χ1n) is 12.9. The topological polar surface area (TPSA) is 114 Å². The minimum absolute atomic E-state index is 0.148. The van der Waals surface area contributed by atoms with Crippen molar-refractivity contribution in [2.75, 3.05) is 29.9 Å². The molecule has 6 rings (SSSR count). The van der Waals surface area contributed by atoms with E-state index >= 15 is 0 Å². The molecule has 1 amide bonds. The molecule has 9 nitrogen and oxygen atoms in total. The van der Waals surface area contributed by atoms with Crippen molar-refractivity contribution in [3.63, 3.8) is 0 Å². The van der Waals surface area contributed by atoms with Gasteiger partial charge in [-0.1, -0.05) is 41.6 Å². The number of carbonyl (C=O) groups is 1. The number of para-hydroxylation sites is 1. The average Bonchev–Trinajstić information content (AvgIpc) is 3.41. The molecule has 0 spiro atoms. The van der Waals surface area contributed by atoms with E-state index in [1.54, 1.807) is 24.4 Å². The Morgan fingerprint density at radius 2 is 1.85 bits per heavy atom. The van der Waals surface area contributed by atoms with E-state index in [4.69, 9.17) is 9.26 Å². The number of aliphatic hydroxyl groups is 1. The second kappa shape index (κ2) is 10.9. The number of benzene rings is 3. The quantitative estimate of drug-likeness (QED) is 0.310. The van der Waals surface area contributed by atoms with Gasteiger partial charge in [0.2, 0.25) is 5.95 Å². The molecule has 0 unspecified atom stereocenters. The standard InChI is InChI=1S/C30H27N5O4/c36-23-12-15-35(16-13-23)22-6-4-5-21(17-22)29-25-18-20(9-10-27(25)34-39-29)26-11-14-31-30(32-26)33-28(37)19-38-24-7-2-1-3-8-24/h1-11,14,17-18,23,36H,12-13,15-16,19H2,(H,31,32,33,37). The van der Waals surface area contributed by atoms with Crippen molar-refractivity contribution in [2.45, 2.75) is 18.9 Å². The van der Waals surface area contributed by atoms with Gasteiger partial charge < -0.3 is 19.3 Å². The summed E-state index contributed by atoms with van der Waals surface area (Å²) in [6, 6.07) is 24.9. The van der Waals surface area contributed by atoms with E-state index in [0.717, 1.165) is 53.6 Å². The number of amides is 1. The lowest BCUT2D eigenvalue weighted by Gasteiger charge is -2.31. The highest BCUT2D eigenvalue weighted by molar-refractivity contribution is 5.95. The fourth-order valence-electron chi connectivity index (χ4n) is 4.68. The second-order valence-electron chi connectivity index (χ2n) is 9.43. The lowest BCUT2D eigenvalue weighted by molar-refractivity contribution is -0.118. The molecule has 5 aromatic rings. The molecule has 9 heteroatoms. The van der Waals surface area contributed by atoms with E-state index in [1.165, 1.54) is 0 Å². The van der Waals surface area contributed by atoms with Gasteiger partial charge in [0, 0.05) is 36.1 Å². The number of ether oxygens (including phenoxy) is 1. The number of carbonyl (C=O) groups excluding carboxylic acids is 1. The fourth-order valence-corrected chi connectivity index (χ4v) is 4.68. The molecule has 1 saturated heterocycles. The SMILES string of the molecule is O=C(COc1ccccc1)Nc1nccc(-c2ccc3noc(-c4cccc(N5CCC(O)CC5)c4)c3c2)n1. The van der Waals surface area contributed by atoms with Crippen LogP contribution >= 0.6 is 0 Å². The number of hydrogen-bond donors (Lipinski definition) is 2. The first-order chi connectivity index (χ1) is 19.1. The van der Waals surface area contributed by atoms with E-state index in [9.17, 15) is 9.90 Å². The number of nitrogens with zero attached hydrogens (tertiary/aromatic N) is 4. The van der Waals surface area contributed by atoms with Crippen LogP contribution in [0.3, 0.4) is 0 Å². The van der Waals surface area contributed by atoms with Crippen LogP contribution in [-0.4, -0.2) is 51.9 Å². The van der Waals surface area contributed by atoms with E-state index < -0.39 is 0 Å². The minimum atomic E-state index is -0.351. The number of nitrogens with one attached hydrogen (secondary N) is 1. The summed E-state index contributed by atoms with van der Waals surface area (Å²) in [6.07, 6.45) is 2.91.